The molecule has 1 N–H and O–H groups in total. The Hall–Kier alpha value is -1.68. The molecule has 2 rings (SSSR count). The van der Waals surface area contributed by atoms with Crippen LogP contribution in [0.4, 0.5) is 0 Å². The van der Waals surface area contributed by atoms with Gasteiger partial charge in [-0.3, -0.25) is 0 Å². The van der Waals surface area contributed by atoms with E-state index in [0.717, 1.165) is 6.54 Å². The molecule has 1 aromatic carbocycles. The third-order valence-electron chi connectivity index (χ3n) is 1.81. The normalized spacial score (nSPS) is 10.3. The second-order valence-electron chi connectivity index (χ2n) is 2.88. The Labute approximate surface area is 82.0 Å². The van der Waals surface area contributed by atoms with Gasteiger partial charge in [0.2, 0.25) is 12.2 Å². The Morgan fingerprint density at radius 3 is 2.79 bits per heavy atom. The zero-order chi connectivity index (χ0) is 9.64. The average molecular weight is 188 g/mol. The van der Waals surface area contributed by atoms with Crippen LogP contribution in [0.5, 0.6) is 0 Å². The van der Waals surface area contributed by atoms with Crippen molar-refractivity contribution in [3.63, 3.8) is 0 Å². The van der Waals surface area contributed by atoms with Crippen LogP contribution >= 0.6 is 0 Å². The zero-order valence-electron chi connectivity index (χ0n) is 7.60. The molecule has 1 heterocycles. The van der Waals surface area contributed by atoms with Crippen molar-refractivity contribution in [3.8, 4) is 0 Å². The van der Waals surface area contributed by atoms with E-state index in [1.54, 1.807) is 0 Å². The average Bonchev–Trinajstić information content (AvgIpc) is 2.72. The molecule has 1 aromatic heterocycles. The van der Waals surface area contributed by atoms with E-state index in [0.29, 0.717) is 12.4 Å². The van der Waals surface area contributed by atoms with Gasteiger partial charge in [-0.25, -0.2) is 0 Å². The van der Waals surface area contributed by atoms with Gasteiger partial charge in [-0.05, 0) is 5.56 Å². The molecule has 71 valence electrons. The lowest BCUT2D eigenvalue weighted by atomic mass is 10.2. The van der Waals surface area contributed by atoms with Gasteiger partial charge in [0.15, 0.2) is 0 Å². The molecule has 0 fully saturated rings. The molecule has 0 atom stereocenters. The fourth-order valence-electron chi connectivity index (χ4n) is 1.15. The lowest BCUT2D eigenvalue weighted by molar-refractivity contribution is 0.365. The van der Waals surface area contributed by atoms with Gasteiger partial charge < -0.3 is 9.84 Å². The summed E-state index contributed by atoms with van der Waals surface area (Å²) < 4.78 is 4.79. The summed E-state index contributed by atoms with van der Waals surface area (Å²) in [7, 11) is 0. The first kappa shape index (κ1) is 8.90. The molecule has 0 aliphatic heterocycles. The second-order valence-corrected chi connectivity index (χ2v) is 2.88. The van der Waals surface area contributed by atoms with Gasteiger partial charge in [-0.15, -0.1) is 0 Å². The molecule has 0 unspecified atom stereocenters. The predicted molar refractivity (Wildman–Crippen MR) is 50.1 cm³/mol. The third kappa shape index (κ3) is 2.40. The number of nitrogens with one attached hydrogen (secondary N) is 1. The summed E-state index contributed by atoms with van der Waals surface area (Å²) in [6.07, 6.45) is 2.37. The third-order valence-corrected chi connectivity index (χ3v) is 1.81. The van der Waals surface area contributed by atoms with Crippen LogP contribution in [0.1, 0.15) is 11.5 Å². The van der Waals surface area contributed by atoms with Crippen LogP contribution in [0.2, 0.25) is 0 Å². The lowest BCUT2D eigenvalue weighted by Crippen LogP contribution is -2.12. The highest BCUT2D eigenvalue weighted by Crippen LogP contribution is 1.98. The topological polar surface area (TPSA) is 51.0 Å². The van der Waals surface area contributed by atoms with Crippen molar-refractivity contribution in [2.75, 3.05) is 0 Å². The number of rotatable bonds is 4. The molecule has 0 saturated heterocycles. The highest BCUT2D eigenvalue weighted by molar-refractivity contribution is 5.14. The maximum atomic E-state index is 4.79. The highest BCUT2D eigenvalue weighted by atomic mass is 16.5. The van der Waals surface area contributed by atoms with Gasteiger partial charge in [-0.1, -0.05) is 35.5 Å². The first-order valence-corrected chi connectivity index (χ1v) is 4.38. The van der Waals surface area contributed by atoms with E-state index in [1.807, 2.05) is 18.2 Å². The standard InChI is InChI=1S/C10H10N3O/c1-2-4-9(5-3-1)6-11-7-10-12-8-13-14-10/h1-5,11H,6-7H2. The second kappa shape index (κ2) is 4.53. The van der Waals surface area contributed by atoms with Crippen molar-refractivity contribution in [3.05, 3.63) is 48.1 Å². The summed E-state index contributed by atoms with van der Waals surface area (Å²) >= 11 is 0. The molecule has 0 aliphatic carbocycles. The Balaban J connectivity index is 1.79. The largest absolute Gasteiger partial charge is 0.337 e. The Kier molecular flexibility index (Phi) is 2.88. The van der Waals surface area contributed by atoms with E-state index in [2.05, 4.69) is 33.9 Å². The van der Waals surface area contributed by atoms with E-state index in [1.165, 1.54) is 5.56 Å². The summed E-state index contributed by atoms with van der Waals surface area (Å²) in [6, 6.07) is 10.1. The summed E-state index contributed by atoms with van der Waals surface area (Å²) in [5.74, 6) is 0.556. The smallest absolute Gasteiger partial charge is 0.243 e. The van der Waals surface area contributed by atoms with Crippen LogP contribution in [-0.4, -0.2) is 10.1 Å². The minimum Gasteiger partial charge on any atom is -0.337 e. The quantitative estimate of drug-likeness (QED) is 0.782. The summed E-state index contributed by atoms with van der Waals surface area (Å²) in [6.45, 7) is 1.37. The van der Waals surface area contributed by atoms with Gasteiger partial charge >= 0.3 is 0 Å². The summed E-state index contributed by atoms with van der Waals surface area (Å²) in [4.78, 5) is 3.78. The van der Waals surface area contributed by atoms with Gasteiger partial charge in [0, 0.05) is 6.54 Å². The summed E-state index contributed by atoms with van der Waals surface area (Å²) in [5.41, 5.74) is 1.23. The maximum Gasteiger partial charge on any atom is 0.243 e. The lowest BCUT2D eigenvalue weighted by Gasteiger charge is -2.00. The van der Waals surface area contributed by atoms with E-state index < -0.39 is 0 Å². The first-order valence-electron chi connectivity index (χ1n) is 4.38. The molecule has 1 radical (unpaired) electrons. The van der Waals surface area contributed by atoms with E-state index in [-0.39, 0.29) is 0 Å². The number of hydrogen-bond acceptors (Lipinski definition) is 4. The van der Waals surface area contributed by atoms with Crippen molar-refractivity contribution >= 4 is 0 Å². The van der Waals surface area contributed by atoms with E-state index >= 15 is 0 Å². The Morgan fingerprint density at radius 2 is 2.07 bits per heavy atom. The maximum absolute atomic E-state index is 4.79. The molecule has 4 heteroatoms. The molecular weight excluding hydrogens is 178 g/mol. The molecule has 0 saturated carbocycles. The molecule has 2 aromatic rings. The van der Waals surface area contributed by atoms with Gasteiger partial charge in [0.05, 0.1) is 6.54 Å². The monoisotopic (exact) mass is 188 g/mol. The van der Waals surface area contributed by atoms with Crippen LogP contribution in [0.3, 0.4) is 0 Å². The molecule has 14 heavy (non-hydrogen) atoms. The van der Waals surface area contributed by atoms with Crippen LogP contribution < -0.4 is 5.32 Å². The van der Waals surface area contributed by atoms with E-state index in [4.69, 9.17) is 4.52 Å². The number of benzene rings is 1. The fraction of sp³-hybridized carbons (Fsp3) is 0.200. The number of aromatic nitrogens is 2. The van der Waals surface area contributed by atoms with Crippen LogP contribution in [0.15, 0.2) is 34.9 Å². The van der Waals surface area contributed by atoms with Gasteiger partial charge in [-0.2, -0.15) is 4.98 Å². The van der Waals surface area contributed by atoms with Crippen molar-refractivity contribution in [2.24, 2.45) is 0 Å². The highest BCUT2D eigenvalue weighted by Gasteiger charge is 1.97. The van der Waals surface area contributed by atoms with Crippen LogP contribution in [-0.2, 0) is 13.1 Å². The van der Waals surface area contributed by atoms with Gasteiger partial charge in [0.1, 0.15) is 0 Å². The van der Waals surface area contributed by atoms with Gasteiger partial charge in [0.25, 0.3) is 0 Å². The zero-order valence-corrected chi connectivity index (χ0v) is 7.60. The molecular formula is C10H10N3O. The Bertz CT molecular complexity index is 358. The van der Waals surface area contributed by atoms with Crippen LogP contribution in [0.25, 0.3) is 0 Å². The Morgan fingerprint density at radius 1 is 1.21 bits per heavy atom. The SMILES string of the molecule is [c]1noc(CNCc2ccccc2)n1. The molecule has 0 amide bonds. The van der Waals surface area contributed by atoms with Crippen molar-refractivity contribution in [1.29, 1.82) is 0 Å². The van der Waals surface area contributed by atoms with Crippen molar-refractivity contribution in [1.82, 2.24) is 15.5 Å². The number of nitrogens with zero attached hydrogens (tertiary/aromatic N) is 2. The number of hydrogen-bond donors (Lipinski definition) is 1. The first-order chi connectivity index (χ1) is 6.95. The molecule has 0 aliphatic rings. The summed E-state index contributed by atoms with van der Waals surface area (Å²) in [5, 5.41) is 6.58. The van der Waals surface area contributed by atoms with Crippen molar-refractivity contribution < 1.29 is 4.52 Å². The predicted octanol–water partition coefficient (Wildman–Crippen LogP) is 1.16. The fourth-order valence-corrected chi connectivity index (χ4v) is 1.15. The molecule has 0 bridgehead atoms. The molecule has 0 spiro atoms. The van der Waals surface area contributed by atoms with Crippen molar-refractivity contribution in [2.45, 2.75) is 13.1 Å². The van der Waals surface area contributed by atoms with Crippen LogP contribution in [0, 0.1) is 6.33 Å². The molecule has 4 nitrogen and oxygen atoms in total. The minimum atomic E-state index is 0.556. The van der Waals surface area contributed by atoms with E-state index in [9.17, 15) is 0 Å². The minimum absolute atomic E-state index is 0.556.